The van der Waals surface area contributed by atoms with E-state index in [0.717, 1.165) is 29.0 Å². The second-order valence-electron chi connectivity index (χ2n) is 3.37. The van der Waals surface area contributed by atoms with Gasteiger partial charge in [0.15, 0.2) is 0 Å². The third kappa shape index (κ3) is 1.56. The van der Waals surface area contributed by atoms with Crippen molar-refractivity contribution in [1.82, 2.24) is 0 Å². The third-order valence-corrected chi connectivity index (χ3v) is 3.15. The van der Waals surface area contributed by atoms with Gasteiger partial charge in [-0.05, 0) is 36.1 Å². The van der Waals surface area contributed by atoms with Crippen molar-refractivity contribution < 1.29 is 5.11 Å². The molecule has 0 radical (unpaired) electrons. The molecule has 0 spiro atoms. The zero-order chi connectivity index (χ0) is 9.42. The predicted octanol–water partition coefficient (Wildman–Crippen LogP) is 3.02. The fraction of sp³-hybridized carbons (Fsp3) is 0.400. The molecule has 1 aliphatic rings. The van der Waals surface area contributed by atoms with Crippen molar-refractivity contribution in [2.24, 2.45) is 0 Å². The van der Waals surface area contributed by atoms with Crippen LogP contribution >= 0.6 is 23.2 Å². The first kappa shape index (κ1) is 9.32. The van der Waals surface area contributed by atoms with Gasteiger partial charge >= 0.3 is 0 Å². The average Bonchev–Trinajstić information content (AvgIpc) is 2.47. The summed E-state index contributed by atoms with van der Waals surface area (Å²) in [4.78, 5) is 0. The van der Waals surface area contributed by atoms with Gasteiger partial charge in [-0.3, -0.25) is 0 Å². The molecule has 3 heteroatoms. The Labute approximate surface area is 87.3 Å². The van der Waals surface area contributed by atoms with E-state index in [2.05, 4.69) is 0 Å². The van der Waals surface area contributed by atoms with Gasteiger partial charge < -0.3 is 5.11 Å². The highest BCUT2D eigenvalue weighted by molar-refractivity contribution is 6.35. The van der Waals surface area contributed by atoms with Crippen LogP contribution in [-0.2, 0) is 6.42 Å². The molecule has 1 N–H and O–H groups in total. The monoisotopic (exact) mass is 216 g/mol. The van der Waals surface area contributed by atoms with Crippen molar-refractivity contribution in [3.05, 3.63) is 33.3 Å². The number of halogens is 2. The Bertz CT molecular complexity index is 336. The molecule has 0 saturated carbocycles. The van der Waals surface area contributed by atoms with E-state index >= 15 is 0 Å². The Hall–Kier alpha value is -0.240. The molecule has 1 unspecified atom stereocenters. The Balaban J connectivity index is 2.51. The van der Waals surface area contributed by atoms with Gasteiger partial charge in [0.25, 0.3) is 0 Å². The van der Waals surface area contributed by atoms with Crippen LogP contribution in [0.5, 0.6) is 0 Å². The quantitative estimate of drug-likeness (QED) is 0.766. The summed E-state index contributed by atoms with van der Waals surface area (Å²) in [5, 5.41) is 10.5. The van der Waals surface area contributed by atoms with Crippen LogP contribution in [0, 0.1) is 0 Å². The number of aliphatic hydroxyl groups is 1. The number of benzene rings is 1. The summed E-state index contributed by atoms with van der Waals surface area (Å²) in [5.74, 6) is 0.228. The lowest BCUT2D eigenvalue weighted by molar-refractivity contribution is 0.265. The minimum Gasteiger partial charge on any atom is -0.396 e. The Kier molecular flexibility index (Phi) is 2.50. The lowest BCUT2D eigenvalue weighted by Crippen LogP contribution is -1.98. The molecule has 0 saturated heterocycles. The SMILES string of the molecule is OCC1CCc2c(Cl)cc(Cl)cc21. The van der Waals surface area contributed by atoms with E-state index in [4.69, 9.17) is 28.3 Å². The largest absolute Gasteiger partial charge is 0.396 e. The van der Waals surface area contributed by atoms with Gasteiger partial charge in [0.1, 0.15) is 0 Å². The van der Waals surface area contributed by atoms with Crippen LogP contribution in [0.1, 0.15) is 23.5 Å². The van der Waals surface area contributed by atoms with E-state index in [0.29, 0.717) is 5.02 Å². The minimum absolute atomic E-state index is 0.184. The molecular formula is C10H10Cl2O. The maximum Gasteiger partial charge on any atom is 0.0499 e. The summed E-state index contributed by atoms with van der Waals surface area (Å²) in [7, 11) is 0. The highest BCUT2D eigenvalue weighted by Gasteiger charge is 2.24. The van der Waals surface area contributed by atoms with Crippen LogP contribution in [0.15, 0.2) is 12.1 Å². The Morgan fingerprint density at radius 3 is 2.85 bits per heavy atom. The lowest BCUT2D eigenvalue weighted by atomic mass is 10.0. The molecule has 1 aromatic rings. The molecule has 0 bridgehead atoms. The molecule has 1 aliphatic carbocycles. The second-order valence-corrected chi connectivity index (χ2v) is 4.22. The van der Waals surface area contributed by atoms with Crippen LogP contribution in [0.2, 0.25) is 10.0 Å². The molecule has 0 fully saturated rings. The number of hydrogen-bond donors (Lipinski definition) is 1. The number of rotatable bonds is 1. The van der Waals surface area contributed by atoms with Crippen LogP contribution < -0.4 is 0 Å². The Morgan fingerprint density at radius 1 is 1.38 bits per heavy atom. The highest BCUT2D eigenvalue weighted by Crippen LogP contribution is 2.38. The molecule has 1 nitrogen and oxygen atoms in total. The maximum atomic E-state index is 9.11. The first-order chi connectivity index (χ1) is 6.22. The Morgan fingerprint density at radius 2 is 2.15 bits per heavy atom. The van der Waals surface area contributed by atoms with Crippen LogP contribution in [0.25, 0.3) is 0 Å². The normalized spacial score (nSPS) is 20.4. The van der Waals surface area contributed by atoms with Crippen molar-refractivity contribution in [3.8, 4) is 0 Å². The number of aliphatic hydroxyl groups excluding tert-OH is 1. The molecule has 70 valence electrons. The summed E-state index contributed by atoms with van der Waals surface area (Å²) in [6.45, 7) is 0.184. The fourth-order valence-electron chi connectivity index (χ4n) is 1.92. The first-order valence-corrected chi connectivity index (χ1v) is 5.06. The molecular weight excluding hydrogens is 207 g/mol. The maximum absolute atomic E-state index is 9.11. The van der Waals surface area contributed by atoms with Gasteiger partial charge in [-0.1, -0.05) is 23.2 Å². The number of fused-ring (bicyclic) bond motifs is 1. The van der Waals surface area contributed by atoms with E-state index in [9.17, 15) is 0 Å². The van der Waals surface area contributed by atoms with Crippen LogP contribution in [0.3, 0.4) is 0 Å². The summed E-state index contributed by atoms with van der Waals surface area (Å²) in [5.41, 5.74) is 2.28. The van der Waals surface area contributed by atoms with Crippen molar-refractivity contribution >= 4 is 23.2 Å². The zero-order valence-corrected chi connectivity index (χ0v) is 8.57. The van der Waals surface area contributed by atoms with Crippen molar-refractivity contribution in [1.29, 1.82) is 0 Å². The third-order valence-electron chi connectivity index (χ3n) is 2.60. The van der Waals surface area contributed by atoms with E-state index in [1.54, 1.807) is 6.07 Å². The fourth-order valence-corrected chi connectivity index (χ4v) is 2.52. The molecule has 0 heterocycles. The van der Waals surface area contributed by atoms with Gasteiger partial charge in [-0.2, -0.15) is 0 Å². The van der Waals surface area contributed by atoms with Crippen LogP contribution in [-0.4, -0.2) is 11.7 Å². The highest BCUT2D eigenvalue weighted by atomic mass is 35.5. The standard InChI is InChI=1S/C10H10Cl2O/c11-7-3-9-6(5-13)1-2-8(9)10(12)4-7/h3-4,6,13H,1-2,5H2. The smallest absolute Gasteiger partial charge is 0.0499 e. The molecule has 1 aromatic carbocycles. The van der Waals surface area contributed by atoms with Crippen molar-refractivity contribution in [3.63, 3.8) is 0 Å². The molecule has 0 aromatic heterocycles. The van der Waals surface area contributed by atoms with E-state index < -0.39 is 0 Å². The molecule has 2 rings (SSSR count). The van der Waals surface area contributed by atoms with Crippen LogP contribution in [0.4, 0.5) is 0 Å². The average molecular weight is 217 g/mol. The van der Waals surface area contributed by atoms with Gasteiger partial charge in [0.05, 0.1) is 0 Å². The summed E-state index contributed by atoms with van der Waals surface area (Å²) in [6, 6.07) is 3.68. The van der Waals surface area contributed by atoms with Gasteiger partial charge in [-0.15, -0.1) is 0 Å². The summed E-state index contributed by atoms with van der Waals surface area (Å²) in [6.07, 6.45) is 1.93. The van der Waals surface area contributed by atoms with Crippen molar-refractivity contribution in [2.75, 3.05) is 6.61 Å². The second kappa shape index (κ2) is 3.49. The van der Waals surface area contributed by atoms with E-state index in [1.165, 1.54) is 0 Å². The molecule has 13 heavy (non-hydrogen) atoms. The van der Waals surface area contributed by atoms with E-state index in [1.807, 2.05) is 6.07 Å². The molecule has 0 aliphatic heterocycles. The minimum atomic E-state index is 0.184. The van der Waals surface area contributed by atoms with Gasteiger partial charge in [0.2, 0.25) is 0 Å². The molecule has 1 atom stereocenters. The van der Waals surface area contributed by atoms with Gasteiger partial charge in [-0.25, -0.2) is 0 Å². The summed E-state index contributed by atoms with van der Waals surface area (Å²) >= 11 is 11.9. The van der Waals surface area contributed by atoms with E-state index in [-0.39, 0.29) is 12.5 Å². The van der Waals surface area contributed by atoms with Gasteiger partial charge in [0, 0.05) is 22.6 Å². The molecule has 0 amide bonds. The van der Waals surface area contributed by atoms with Crippen molar-refractivity contribution in [2.45, 2.75) is 18.8 Å². The first-order valence-electron chi connectivity index (χ1n) is 4.31. The predicted molar refractivity (Wildman–Crippen MR) is 54.6 cm³/mol. The zero-order valence-electron chi connectivity index (χ0n) is 7.06. The number of hydrogen-bond acceptors (Lipinski definition) is 1. The lowest BCUT2D eigenvalue weighted by Gasteiger charge is -2.08. The topological polar surface area (TPSA) is 20.2 Å². The summed E-state index contributed by atoms with van der Waals surface area (Å²) < 4.78 is 0.